The first-order valence-electron chi connectivity index (χ1n) is 11.7. The predicted molar refractivity (Wildman–Crippen MR) is 138 cm³/mol. The summed E-state index contributed by atoms with van der Waals surface area (Å²) in [5, 5.41) is 8.77. The van der Waals surface area contributed by atoms with Gasteiger partial charge >= 0.3 is 5.97 Å². The zero-order chi connectivity index (χ0) is 25.8. The van der Waals surface area contributed by atoms with Gasteiger partial charge in [0.05, 0.1) is 28.5 Å². The fourth-order valence-corrected chi connectivity index (χ4v) is 5.18. The van der Waals surface area contributed by atoms with E-state index >= 15 is 0 Å². The Labute approximate surface area is 213 Å². The number of carbonyl (C=O) groups excluding carboxylic acids is 1. The Hall–Kier alpha value is -3.96. The number of rotatable bonds is 7. The van der Waals surface area contributed by atoms with Crippen molar-refractivity contribution in [2.75, 3.05) is 13.2 Å². The Morgan fingerprint density at radius 3 is 2.67 bits per heavy atom. The van der Waals surface area contributed by atoms with E-state index in [1.54, 1.807) is 42.7 Å². The Morgan fingerprint density at radius 1 is 1.25 bits per heavy atom. The normalized spacial score (nSPS) is 15.3. The minimum atomic E-state index is -0.644. The van der Waals surface area contributed by atoms with Crippen LogP contribution in [0.3, 0.4) is 0 Å². The van der Waals surface area contributed by atoms with Crippen LogP contribution in [-0.2, 0) is 9.53 Å². The van der Waals surface area contributed by atoms with Crippen LogP contribution in [0.5, 0.6) is 5.75 Å². The van der Waals surface area contributed by atoms with Gasteiger partial charge in [-0.3, -0.25) is 9.36 Å². The summed E-state index contributed by atoms with van der Waals surface area (Å²) in [5.74, 6) is 0.422. The van der Waals surface area contributed by atoms with Crippen molar-refractivity contribution < 1.29 is 14.3 Å². The maximum Gasteiger partial charge on any atom is 0.338 e. The Bertz CT molecular complexity index is 1540. The molecule has 2 aromatic carbocycles. The lowest BCUT2D eigenvalue weighted by Crippen LogP contribution is -2.39. The minimum absolute atomic E-state index is 0.0584. The molecule has 2 heterocycles. The molecule has 0 bridgehead atoms. The molecular formula is C28H27N3O4S. The van der Waals surface area contributed by atoms with Crippen molar-refractivity contribution in [3.05, 3.63) is 96.2 Å². The van der Waals surface area contributed by atoms with Gasteiger partial charge in [-0.25, -0.2) is 9.79 Å². The molecule has 36 heavy (non-hydrogen) atoms. The highest BCUT2D eigenvalue weighted by Gasteiger charge is 2.33. The third kappa shape index (κ3) is 5.02. The Balaban J connectivity index is 1.88. The summed E-state index contributed by atoms with van der Waals surface area (Å²) >= 11 is 1.27. The number of hydrogen-bond donors (Lipinski definition) is 0. The second kappa shape index (κ2) is 10.8. The van der Waals surface area contributed by atoms with Gasteiger partial charge in [0, 0.05) is 0 Å². The van der Waals surface area contributed by atoms with Gasteiger partial charge in [-0.15, -0.1) is 0 Å². The summed E-state index contributed by atoms with van der Waals surface area (Å²) in [6.07, 6.45) is 1.77. The molecule has 1 aliphatic rings. The smallest absolute Gasteiger partial charge is 0.338 e. The molecule has 0 radical (unpaired) electrons. The van der Waals surface area contributed by atoms with Gasteiger partial charge in [0.2, 0.25) is 0 Å². The number of nitriles is 1. The first-order valence-corrected chi connectivity index (χ1v) is 12.5. The van der Waals surface area contributed by atoms with Crippen molar-refractivity contribution in [1.82, 2.24) is 4.57 Å². The molecule has 1 aliphatic heterocycles. The average Bonchev–Trinajstić information content (AvgIpc) is 3.16. The fourth-order valence-electron chi connectivity index (χ4n) is 4.13. The lowest BCUT2D eigenvalue weighted by Gasteiger charge is -2.25. The molecular weight excluding hydrogens is 474 g/mol. The number of ether oxygens (including phenoxy) is 2. The van der Waals surface area contributed by atoms with Crippen LogP contribution in [0, 0.1) is 11.3 Å². The highest BCUT2D eigenvalue weighted by atomic mass is 32.1. The van der Waals surface area contributed by atoms with Crippen LogP contribution in [0.2, 0.25) is 0 Å². The molecule has 0 spiro atoms. The van der Waals surface area contributed by atoms with Crippen molar-refractivity contribution in [3.63, 3.8) is 0 Å². The van der Waals surface area contributed by atoms with E-state index < -0.39 is 12.0 Å². The summed E-state index contributed by atoms with van der Waals surface area (Å²) in [6, 6.07) is 16.5. The third-order valence-electron chi connectivity index (χ3n) is 5.90. The van der Waals surface area contributed by atoms with E-state index in [-0.39, 0.29) is 18.8 Å². The highest BCUT2D eigenvalue weighted by Crippen LogP contribution is 2.31. The van der Waals surface area contributed by atoms with E-state index in [1.807, 2.05) is 36.4 Å². The molecule has 4 rings (SSSR count). The summed E-state index contributed by atoms with van der Waals surface area (Å²) < 4.78 is 12.8. The summed E-state index contributed by atoms with van der Waals surface area (Å²) in [7, 11) is 0. The number of aromatic nitrogens is 1. The minimum Gasteiger partial charge on any atom is -0.479 e. The molecule has 0 saturated heterocycles. The van der Waals surface area contributed by atoms with Gasteiger partial charge in [-0.05, 0) is 54.7 Å². The molecule has 7 nitrogen and oxygen atoms in total. The summed E-state index contributed by atoms with van der Waals surface area (Å²) in [4.78, 5) is 31.8. The van der Waals surface area contributed by atoms with E-state index in [9.17, 15) is 9.59 Å². The molecule has 1 unspecified atom stereocenters. The number of benzene rings is 2. The molecule has 184 valence electrons. The van der Waals surface area contributed by atoms with E-state index in [1.165, 1.54) is 16.9 Å². The Morgan fingerprint density at radius 2 is 2.00 bits per heavy atom. The van der Waals surface area contributed by atoms with E-state index in [0.717, 1.165) is 11.1 Å². The SMILES string of the molecule is CCOC(=O)C1=C(C)N=c2sc(=Cc3cccc(OCC#N)c3)c(=O)n2C1c1ccc(C(C)C)cc1. The quantitative estimate of drug-likeness (QED) is 0.459. The van der Waals surface area contributed by atoms with E-state index in [2.05, 4.69) is 18.8 Å². The lowest BCUT2D eigenvalue weighted by molar-refractivity contribution is -0.139. The zero-order valence-corrected chi connectivity index (χ0v) is 21.5. The van der Waals surface area contributed by atoms with Crippen LogP contribution in [-0.4, -0.2) is 23.8 Å². The molecule has 0 amide bonds. The molecule has 8 heteroatoms. The maximum absolute atomic E-state index is 13.7. The van der Waals surface area contributed by atoms with Gasteiger partial charge in [-0.1, -0.05) is 61.6 Å². The number of fused-ring (bicyclic) bond motifs is 1. The molecule has 0 fully saturated rings. The largest absolute Gasteiger partial charge is 0.479 e. The van der Waals surface area contributed by atoms with Crippen LogP contribution in [0.1, 0.15) is 56.3 Å². The van der Waals surface area contributed by atoms with Gasteiger partial charge in [0.15, 0.2) is 11.4 Å². The molecule has 0 aliphatic carbocycles. The molecule has 0 saturated carbocycles. The van der Waals surface area contributed by atoms with Crippen molar-refractivity contribution in [1.29, 1.82) is 5.26 Å². The van der Waals surface area contributed by atoms with Crippen molar-refractivity contribution in [2.45, 2.75) is 39.7 Å². The number of hydrogen-bond acceptors (Lipinski definition) is 7. The van der Waals surface area contributed by atoms with Crippen molar-refractivity contribution >= 4 is 23.4 Å². The Kier molecular flexibility index (Phi) is 7.51. The van der Waals surface area contributed by atoms with Gasteiger partial charge < -0.3 is 9.47 Å². The maximum atomic E-state index is 13.7. The van der Waals surface area contributed by atoms with Gasteiger partial charge in [0.25, 0.3) is 5.56 Å². The van der Waals surface area contributed by atoms with Gasteiger partial charge in [0.1, 0.15) is 11.8 Å². The average molecular weight is 502 g/mol. The number of esters is 1. The molecule has 3 aromatic rings. The van der Waals surface area contributed by atoms with Crippen molar-refractivity contribution in [2.24, 2.45) is 4.99 Å². The highest BCUT2D eigenvalue weighted by molar-refractivity contribution is 7.07. The molecule has 1 aromatic heterocycles. The van der Waals surface area contributed by atoms with E-state index in [0.29, 0.717) is 32.3 Å². The second-order valence-corrected chi connectivity index (χ2v) is 9.65. The van der Waals surface area contributed by atoms with Crippen LogP contribution in [0.15, 0.2) is 69.6 Å². The second-order valence-electron chi connectivity index (χ2n) is 8.64. The molecule has 0 N–H and O–H groups in total. The topological polar surface area (TPSA) is 93.7 Å². The fraction of sp³-hybridized carbons (Fsp3) is 0.286. The monoisotopic (exact) mass is 501 g/mol. The van der Waals surface area contributed by atoms with Crippen LogP contribution < -0.4 is 19.6 Å². The van der Waals surface area contributed by atoms with Crippen LogP contribution >= 0.6 is 11.3 Å². The van der Waals surface area contributed by atoms with Crippen molar-refractivity contribution in [3.8, 4) is 11.8 Å². The first kappa shape index (κ1) is 25.1. The number of allylic oxidation sites excluding steroid dienone is 1. The molecule has 1 atom stereocenters. The third-order valence-corrected chi connectivity index (χ3v) is 6.88. The standard InChI is InChI=1S/C28H27N3O4S/c1-5-34-27(33)24-18(4)30-28-31(25(24)21-11-9-20(10-12-21)17(2)3)26(32)23(36-28)16-19-7-6-8-22(15-19)35-14-13-29/h6-12,15-17,25H,5,14H2,1-4H3. The van der Waals surface area contributed by atoms with Crippen LogP contribution in [0.25, 0.3) is 6.08 Å². The van der Waals surface area contributed by atoms with Gasteiger partial charge in [-0.2, -0.15) is 5.26 Å². The first-order chi connectivity index (χ1) is 17.3. The lowest BCUT2D eigenvalue weighted by atomic mass is 9.93. The summed E-state index contributed by atoms with van der Waals surface area (Å²) in [6.45, 7) is 7.93. The predicted octanol–water partition coefficient (Wildman–Crippen LogP) is 3.82. The number of nitrogens with zero attached hydrogens (tertiary/aromatic N) is 3. The number of carbonyl (C=O) groups is 1. The number of thiazole rings is 1. The van der Waals surface area contributed by atoms with E-state index in [4.69, 9.17) is 14.7 Å². The summed E-state index contributed by atoms with van der Waals surface area (Å²) in [5.41, 5.74) is 3.40. The van der Waals surface area contributed by atoms with Crippen LogP contribution in [0.4, 0.5) is 0 Å². The zero-order valence-electron chi connectivity index (χ0n) is 20.6.